The van der Waals surface area contributed by atoms with Crippen LogP contribution in [-0.2, 0) is 16.9 Å². The normalized spacial score (nSPS) is 13.8. The van der Waals surface area contributed by atoms with Crippen LogP contribution in [0.3, 0.4) is 0 Å². The van der Waals surface area contributed by atoms with Crippen molar-refractivity contribution in [1.82, 2.24) is 5.32 Å². The minimum atomic E-state index is -0.382. The number of nitrogens with one attached hydrogen (secondary N) is 1. The molecule has 0 bridgehead atoms. The molecular weight excluding hydrogens is 689 g/mol. The first-order valence-corrected chi connectivity index (χ1v) is 19.2. The highest BCUT2D eigenvalue weighted by Crippen LogP contribution is 2.37. The molecule has 1 N–H and O–H groups in total. The molecule has 1 aliphatic rings. The Morgan fingerprint density at radius 2 is 1.38 bits per heavy atom. The molecule has 8 nitrogen and oxygen atoms in total. The second kappa shape index (κ2) is 16.7. The van der Waals surface area contributed by atoms with Crippen LogP contribution in [0.1, 0.15) is 116 Å². The molecule has 0 aromatic heterocycles. The fraction of sp³-hybridized carbons (Fsp3) is 0.298. The Morgan fingerprint density at radius 1 is 0.764 bits per heavy atom. The van der Waals surface area contributed by atoms with Gasteiger partial charge in [-0.2, -0.15) is 5.06 Å². The quantitative estimate of drug-likeness (QED) is 0.107. The van der Waals surface area contributed by atoms with Crippen molar-refractivity contribution in [3.8, 4) is 34.1 Å². The lowest BCUT2D eigenvalue weighted by Gasteiger charge is -2.29. The van der Waals surface area contributed by atoms with E-state index in [1.54, 1.807) is 36.4 Å². The van der Waals surface area contributed by atoms with Crippen LogP contribution in [0.15, 0.2) is 109 Å². The summed E-state index contributed by atoms with van der Waals surface area (Å²) in [5, 5.41) is 4.38. The number of rotatable bonds is 15. The maximum Gasteiger partial charge on any atom is 0.282 e. The SMILES string of the molecule is CCCC(C)(CC)c1cccc(Oc2cccc(Oc3cccc(N4OCc5cc(-c6ccc(C=O)c(C(=O)NC(C)(CC)CC)c6)ccc5C4=O)c3)c2)c1. The zero-order chi connectivity index (χ0) is 39.2. The first-order valence-electron chi connectivity index (χ1n) is 19.2. The van der Waals surface area contributed by atoms with E-state index < -0.39 is 0 Å². The van der Waals surface area contributed by atoms with E-state index in [0.717, 1.165) is 49.0 Å². The van der Waals surface area contributed by atoms with Crippen molar-refractivity contribution in [2.75, 3.05) is 5.06 Å². The summed E-state index contributed by atoms with van der Waals surface area (Å²) in [6.07, 6.45) is 5.49. The molecule has 55 heavy (non-hydrogen) atoms. The third kappa shape index (κ3) is 8.66. The molecule has 0 spiro atoms. The molecule has 0 fully saturated rings. The van der Waals surface area contributed by atoms with Gasteiger partial charge in [0.25, 0.3) is 11.8 Å². The van der Waals surface area contributed by atoms with Gasteiger partial charge in [-0.25, -0.2) is 0 Å². The van der Waals surface area contributed by atoms with Gasteiger partial charge >= 0.3 is 0 Å². The highest BCUT2D eigenvalue weighted by atomic mass is 16.7. The van der Waals surface area contributed by atoms with E-state index in [1.807, 2.05) is 81.4 Å². The smallest absolute Gasteiger partial charge is 0.282 e. The van der Waals surface area contributed by atoms with E-state index in [-0.39, 0.29) is 29.4 Å². The van der Waals surface area contributed by atoms with Gasteiger partial charge in [-0.1, -0.05) is 83.5 Å². The third-order valence-electron chi connectivity index (χ3n) is 11.0. The standard InChI is InChI=1S/C47H50N2O6/c1-7-24-46(5,8-2)36-14-11-16-38(27-36)54-40-18-13-19-41(29-40)55-39-17-12-15-37(28-39)49-45(52)42-23-22-32(25-35(42)31-53-49)33-20-21-34(30-50)43(26-33)44(51)48-47(6,9-3)10-4/h11-23,25-30H,7-10,24,31H2,1-6H3,(H,48,51). The first-order chi connectivity index (χ1) is 26.5. The number of aldehydes is 1. The van der Waals surface area contributed by atoms with E-state index >= 15 is 0 Å². The molecule has 1 unspecified atom stereocenters. The van der Waals surface area contributed by atoms with Crippen molar-refractivity contribution < 1.29 is 28.7 Å². The second-order valence-corrected chi connectivity index (χ2v) is 14.8. The molecule has 1 heterocycles. The Bertz CT molecular complexity index is 2190. The van der Waals surface area contributed by atoms with Gasteiger partial charge in [-0.15, -0.1) is 0 Å². The maximum atomic E-state index is 13.8. The Labute approximate surface area is 324 Å². The summed E-state index contributed by atoms with van der Waals surface area (Å²) in [6, 6.07) is 33.7. The van der Waals surface area contributed by atoms with Crippen LogP contribution in [-0.4, -0.2) is 23.6 Å². The number of amides is 2. The number of nitrogens with zero attached hydrogens (tertiary/aromatic N) is 1. The van der Waals surface area contributed by atoms with Crippen LogP contribution in [0.5, 0.6) is 23.0 Å². The molecule has 1 atom stereocenters. The van der Waals surface area contributed by atoms with Crippen molar-refractivity contribution in [3.05, 3.63) is 137 Å². The van der Waals surface area contributed by atoms with Gasteiger partial charge in [0.2, 0.25) is 0 Å². The molecule has 6 rings (SSSR count). The summed E-state index contributed by atoms with van der Waals surface area (Å²) in [7, 11) is 0. The Kier molecular flexibility index (Phi) is 11.9. The van der Waals surface area contributed by atoms with Gasteiger partial charge in [0, 0.05) is 28.8 Å². The average Bonchev–Trinajstić information content (AvgIpc) is 3.21. The fourth-order valence-corrected chi connectivity index (χ4v) is 6.96. The largest absolute Gasteiger partial charge is 0.457 e. The number of fused-ring (bicyclic) bond motifs is 1. The predicted octanol–water partition coefficient (Wildman–Crippen LogP) is 11.6. The summed E-state index contributed by atoms with van der Waals surface area (Å²) in [6.45, 7) is 13.0. The number of ether oxygens (including phenoxy) is 2. The zero-order valence-electron chi connectivity index (χ0n) is 32.6. The van der Waals surface area contributed by atoms with E-state index in [4.69, 9.17) is 14.3 Å². The summed E-state index contributed by atoms with van der Waals surface area (Å²) in [5.41, 5.74) is 4.91. The molecule has 1 aliphatic heterocycles. The zero-order valence-corrected chi connectivity index (χ0v) is 32.6. The second-order valence-electron chi connectivity index (χ2n) is 14.8. The van der Waals surface area contributed by atoms with Gasteiger partial charge in [0.05, 0.1) is 11.3 Å². The number of hydrogen-bond donors (Lipinski definition) is 1. The summed E-state index contributed by atoms with van der Waals surface area (Å²) in [4.78, 5) is 44.9. The van der Waals surface area contributed by atoms with Crippen LogP contribution in [0.25, 0.3) is 11.1 Å². The summed E-state index contributed by atoms with van der Waals surface area (Å²) < 4.78 is 12.5. The lowest BCUT2D eigenvalue weighted by atomic mass is 9.76. The summed E-state index contributed by atoms with van der Waals surface area (Å²) >= 11 is 0. The lowest BCUT2D eigenvalue weighted by molar-refractivity contribution is 0.0530. The average molecular weight is 739 g/mol. The van der Waals surface area contributed by atoms with Gasteiger partial charge in [-0.3, -0.25) is 19.2 Å². The predicted molar refractivity (Wildman–Crippen MR) is 217 cm³/mol. The Balaban J connectivity index is 1.16. The molecule has 0 radical (unpaired) electrons. The molecule has 2 amide bonds. The molecule has 0 saturated heterocycles. The third-order valence-corrected chi connectivity index (χ3v) is 11.0. The van der Waals surface area contributed by atoms with Crippen LogP contribution < -0.4 is 19.9 Å². The van der Waals surface area contributed by atoms with Crippen molar-refractivity contribution >= 4 is 23.8 Å². The van der Waals surface area contributed by atoms with E-state index in [0.29, 0.717) is 51.5 Å². The van der Waals surface area contributed by atoms with E-state index in [9.17, 15) is 14.4 Å². The monoisotopic (exact) mass is 738 g/mol. The van der Waals surface area contributed by atoms with Gasteiger partial charge < -0.3 is 14.8 Å². The number of anilines is 1. The summed E-state index contributed by atoms with van der Waals surface area (Å²) in [5.74, 6) is 1.94. The number of benzene rings is 5. The molecule has 5 aromatic carbocycles. The number of hydrogen-bond acceptors (Lipinski definition) is 6. The minimum absolute atomic E-state index is 0.0935. The molecule has 284 valence electrons. The Hall–Kier alpha value is -5.73. The minimum Gasteiger partial charge on any atom is -0.457 e. The van der Waals surface area contributed by atoms with Crippen LogP contribution in [0, 0.1) is 0 Å². The highest BCUT2D eigenvalue weighted by molar-refractivity contribution is 6.07. The Morgan fingerprint density at radius 3 is 2.04 bits per heavy atom. The lowest BCUT2D eigenvalue weighted by Crippen LogP contribution is -2.45. The van der Waals surface area contributed by atoms with Crippen LogP contribution in [0.2, 0.25) is 0 Å². The van der Waals surface area contributed by atoms with Gasteiger partial charge in [0.1, 0.15) is 29.6 Å². The van der Waals surface area contributed by atoms with Gasteiger partial charge in [-0.05, 0) is 115 Å². The van der Waals surface area contributed by atoms with Crippen molar-refractivity contribution in [1.29, 1.82) is 0 Å². The molecule has 5 aromatic rings. The number of carbonyl (C=O) groups excluding carboxylic acids is 3. The van der Waals surface area contributed by atoms with Gasteiger partial charge in [0.15, 0.2) is 6.29 Å². The molecule has 8 heteroatoms. The molecule has 0 saturated carbocycles. The van der Waals surface area contributed by atoms with Crippen molar-refractivity contribution in [3.63, 3.8) is 0 Å². The number of hydroxylamine groups is 1. The topological polar surface area (TPSA) is 94.2 Å². The molecular formula is C47H50N2O6. The first kappa shape index (κ1) is 39.0. The van der Waals surface area contributed by atoms with Crippen LogP contribution >= 0.6 is 0 Å². The highest BCUT2D eigenvalue weighted by Gasteiger charge is 2.29. The fourth-order valence-electron chi connectivity index (χ4n) is 6.96. The maximum absolute atomic E-state index is 13.8. The van der Waals surface area contributed by atoms with Crippen molar-refractivity contribution in [2.24, 2.45) is 0 Å². The molecule has 0 aliphatic carbocycles. The van der Waals surface area contributed by atoms with E-state index in [2.05, 4.69) is 38.2 Å². The van der Waals surface area contributed by atoms with Crippen molar-refractivity contribution in [2.45, 2.75) is 91.2 Å². The number of carbonyl (C=O) groups is 3. The van der Waals surface area contributed by atoms with Crippen LogP contribution in [0.4, 0.5) is 5.69 Å². The van der Waals surface area contributed by atoms with E-state index in [1.165, 1.54) is 10.6 Å².